The molecule has 126 valence electrons. The maximum atomic E-state index is 14.3. The van der Waals surface area contributed by atoms with Gasteiger partial charge in [0.25, 0.3) is 0 Å². The van der Waals surface area contributed by atoms with Gasteiger partial charge in [0.15, 0.2) is 0 Å². The van der Waals surface area contributed by atoms with E-state index in [1.807, 2.05) is 12.1 Å². The van der Waals surface area contributed by atoms with Gasteiger partial charge in [0.05, 0.1) is 6.10 Å². The van der Waals surface area contributed by atoms with Crippen LogP contribution >= 0.6 is 0 Å². The lowest BCUT2D eigenvalue weighted by Crippen LogP contribution is -2.43. The molecule has 0 saturated heterocycles. The number of hydrogen-bond acceptors (Lipinski definition) is 2. The second-order valence-corrected chi connectivity index (χ2v) is 7.20. The lowest BCUT2D eigenvalue weighted by molar-refractivity contribution is -0.127. The first-order valence-electron chi connectivity index (χ1n) is 8.81. The average molecular weight is 319 g/mol. The topological polar surface area (TPSA) is 49.3 Å². The number of nitrogens with one attached hydrogen (secondary N) is 1. The zero-order chi connectivity index (χ0) is 16.3. The Morgan fingerprint density at radius 2 is 1.96 bits per heavy atom. The summed E-state index contributed by atoms with van der Waals surface area (Å²) in [5, 5.41) is 12.8. The first-order chi connectivity index (χ1) is 11.1. The average Bonchev–Trinajstić information content (AvgIpc) is 3.03. The Morgan fingerprint density at radius 3 is 2.65 bits per heavy atom. The Balaban J connectivity index is 1.69. The summed E-state index contributed by atoms with van der Waals surface area (Å²) < 4.78 is 14.3. The summed E-state index contributed by atoms with van der Waals surface area (Å²) in [6, 6.07) is 6.95. The number of halogens is 1. The zero-order valence-corrected chi connectivity index (χ0v) is 13.6. The zero-order valence-electron chi connectivity index (χ0n) is 13.6. The van der Waals surface area contributed by atoms with E-state index in [0.717, 1.165) is 50.5 Å². The number of rotatable bonds is 4. The Morgan fingerprint density at radius 1 is 1.22 bits per heavy atom. The summed E-state index contributed by atoms with van der Waals surface area (Å²) in [6.45, 7) is 0.499. The van der Waals surface area contributed by atoms with Gasteiger partial charge in [-0.15, -0.1) is 0 Å². The van der Waals surface area contributed by atoms with Crippen LogP contribution in [0, 0.1) is 11.7 Å². The minimum Gasteiger partial charge on any atom is -0.393 e. The minimum absolute atomic E-state index is 0.0198. The molecular weight excluding hydrogens is 293 g/mol. The molecule has 0 unspecified atom stereocenters. The van der Waals surface area contributed by atoms with E-state index >= 15 is 0 Å². The van der Waals surface area contributed by atoms with Crippen molar-refractivity contribution in [3.05, 3.63) is 35.6 Å². The molecule has 0 radical (unpaired) electrons. The second kappa shape index (κ2) is 7.00. The molecule has 0 spiro atoms. The third-order valence-corrected chi connectivity index (χ3v) is 5.62. The highest BCUT2D eigenvalue weighted by molar-refractivity contribution is 5.78. The molecule has 0 aromatic heterocycles. The number of carbonyl (C=O) groups is 1. The molecule has 2 fully saturated rings. The summed E-state index contributed by atoms with van der Waals surface area (Å²) in [4.78, 5) is 12.4. The van der Waals surface area contributed by atoms with E-state index in [1.165, 1.54) is 6.07 Å². The summed E-state index contributed by atoms with van der Waals surface area (Å²) >= 11 is 0. The lowest BCUT2D eigenvalue weighted by Gasteiger charge is -2.32. The lowest BCUT2D eigenvalue weighted by atomic mass is 9.78. The van der Waals surface area contributed by atoms with Crippen molar-refractivity contribution in [1.82, 2.24) is 5.32 Å². The molecule has 2 saturated carbocycles. The maximum Gasteiger partial charge on any atom is 0.223 e. The van der Waals surface area contributed by atoms with Crippen LogP contribution in [0.1, 0.15) is 56.9 Å². The number of aliphatic hydroxyl groups is 1. The van der Waals surface area contributed by atoms with Crippen LogP contribution < -0.4 is 5.32 Å². The number of hydrogen-bond donors (Lipinski definition) is 2. The van der Waals surface area contributed by atoms with Crippen molar-refractivity contribution >= 4 is 5.91 Å². The number of amides is 1. The first-order valence-corrected chi connectivity index (χ1v) is 8.81. The first kappa shape index (κ1) is 16.4. The van der Waals surface area contributed by atoms with E-state index in [-0.39, 0.29) is 29.2 Å². The molecule has 4 heteroatoms. The van der Waals surface area contributed by atoms with Gasteiger partial charge >= 0.3 is 0 Å². The van der Waals surface area contributed by atoms with Gasteiger partial charge in [0.1, 0.15) is 5.82 Å². The van der Waals surface area contributed by atoms with Gasteiger partial charge in [-0.1, -0.05) is 37.5 Å². The van der Waals surface area contributed by atoms with Crippen LogP contribution in [0.3, 0.4) is 0 Å². The van der Waals surface area contributed by atoms with E-state index in [0.29, 0.717) is 13.0 Å². The van der Waals surface area contributed by atoms with E-state index in [2.05, 4.69) is 5.32 Å². The van der Waals surface area contributed by atoms with Gasteiger partial charge in [0, 0.05) is 17.9 Å². The highest BCUT2D eigenvalue weighted by atomic mass is 19.1. The molecule has 2 aliphatic carbocycles. The standard InChI is InChI=1S/C19H26FNO2/c20-17-9-2-1-8-16(17)19(10-3-4-11-19)13-21-18(23)14-6-5-7-15(22)12-14/h1-2,8-9,14-15,22H,3-7,10-13H2,(H,21,23)/t14-,15+/m1/s1. The Kier molecular flexibility index (Phi) is 5.00. The quantitative estimate of drug-likeness (QED) is 0.894. The SMILES string of the molecule is O=C(NCC1(c2ccccc2F)CCCC1)[C@@H]1CCC[C@H](O)C1. The third-order valence-electron chi connectivity index (χ3n) is 5.62. The fraction of sp³-hybridized carbons (Fsp3) is 0.632. The van der Waals surface area contributed by atoms with Gasteiger partial charge in [-0.2, -0.15) is 0 Å². The summed E-state index contributed by atoms with van der Waals surface area (Å²) in [5.74, 6) is -0.249. The second-order valence-electron chi connectivity index (χ2n) is 7.20. The number of aliphatic hydroxyl groups excluding tert-OH is 1. The van der Waals surface area contributed by atoms with E-state index < -0.39 is 0 Å². The van der Waals surface area contributed by atoms with Crippen LogP contribution in [0.25, 0.3) is 0 Å². The molecule has 0 aliphatic heterocycles. The molecule has 2 atom stereocenters. The number of benzene rings is 1. The molecule has 2 aliphatic rings. The van der Waals surface area contributed by atoms with Crippen LogP contribution in [-0.2, 0) is 10.2 Å². The molecule has 2 N–H and O–H groups in total. The van der Waals surface area contributed by atoms with Crippen molar-refractivity contribution in [1.29, 1.82) is 0 Å². The van der Waals surface area contributed by atoms with Gasteiger partial charge in [-0.3, -0.25) is 4.79 Å². The van der Waals surface area contributed by atoms with Crippen molar-refractivity contribution in [3.8, 4) is 0 Å². The van der Waals surface area contributed by atoms with E-state index in [9.17, 15) is 14.3 Å². The monoisotopic (exact) mass is 319 g/mol. The molecule has 0 bridgehead atoms. The van der Waals surface area contributed by atoms with E-state index in [1.54, 1.807) is 6.07 Å². The largest absolute Gasteiger partial charge is 0.393 e. The molecular formula is C19H26FNO2. The summed E-state index contributed by atoms with van der Waals surface area (Å²) in [5.41, 5.74) is 0.468. The van der Waals surface area contributed by atoms with Gasteiger partial charge < -0.3 is 10.4 Å². The molecule has 1 aromatic carbocycles. The highest BCUT2D eigenvalue weighted by Gasteiger charge is 2.38. The number of carbonyl (C=O) groups excluding carboxylic acids is 1. The Labute approximate surface area is 137 Å². The van der Waals surface area contributed by atoms with Crippen molar-refractivity contribution in [3.63, 3.8) is 0 Å². The Bertz CT molecular complexity index is 554. The fourth-order valence-corrected chi connectivity index (χ4v) is 4.29. The van der Waals surface area contributed by atoms with Crippen LogP contribution in [0.5, 0.6) is 0 Å². The third kappa shape index (κ3) is 3.57. The smallest absolute Gasteiger partial charge is 0.223 e. The van der Waals surface area contributed by atoms with Crippen LogP contribution in [0.2, 0.25) is 0 Å². The minimum atomic E-state index is -0.355. The van der Waals surface area contributed by atoms with Gasteiger partial charge in [-0.25, -0.2) is 4.39 Å². The molecule has 23 heavy (non-hydrogen) atoms. The van der Waals surface area contributed by atoms with Crippen molar-refractivity contribution in [2.24, 2.45) is 5.92 Å². The highest BCUT2D eigenvalue weighted by Crippen LogP contribution is 2.41. The van der Waals surface area contributed by atoms with Crippen molar-refractivity contribution in [2.75, 3.05) is 6.54 Å². The fourth-order valence-electron chi connectivity index (χ4n) is 4.29. The maximum absolute atomic E-state index is 14.3. The van der Waals surface area contributed by atoms with Crippen molar-refractivity contribution < 1.29 is 14.3 Å². The summed E-state index contributed by atoms with van der Waals surface area (Å²) in [7, 11) is 0. The summed E-state index contributed by atoms with van der Waals surface area (Å²) in [6.07, 6.45) is 6.72. The molecule has 3 rings (SSSR count). The molecule has 1 amide bonds. The van der Waals surface area contributed by atoms with Gasteiger partial charge in [0.2, 0.25) is 5.91 Å². The van der Waals surface area contributed by atoms with Gasteiger partial charge in [-0.05, 0) is 43.7 Å². The Hall–Kier alpha value is -1.42. The van der Waals surface area contributed by atoms with E-state index in [4.69, 9.17) is 0 Å². The predicted molar refractivity (Wildman–Crippen MR) is 87.5 cm³/mol. The predicted octanol–water partition coefficient (Wildman–Crippen LogP) is 3.30. The molecule has 3 nitrogen and oxygen atoms in total. The van der Waals surface area contributed by atoms with Crippen LogP contribution in [0.4, 0.5) is 4.39 Å². The molecule has 0 heterocycles. The van der Waals surface area contributed by atoms with Crippen LogP contribution in [-0.4, -0.2) is 23.7 Å². The van der Waals surface area contributed by atoms with Crippen LogP contribution in [0.15, 0.2) is 24.3 Å². The normalized spacial score (nSPS) is 26.9. The molecule has 1 aromatic rings. The van der Waals surface area contributed by atoms with Crippen molar-refractivity contribution in [2.45, 2.75) is 62.9 Å².